The molecule has 0 aliphatic carbocycles. The Kier molecular flexibility index (Phi) is 12.7. The molecule has 1 aliphatic heterocycles. The molecular weight excluding hydrogens is 548 g/mol. The number of carboxylic acid groups (broad SMARTS) is 1. The summed E-state index contributed by atoms with van der Waals surface area (Å²) in [5.41, 5.74) is 11.4. The monoisotopic (exact) mass is 588 g/mol. The lowest BCUT2D eigenvalue weighted by molar-refractivity contribution is -0.141. The van der Waals surface area contributed by atoms with Crippen LogP contribution in [-0.4, -0.2) is 83.3 Å². The summed E-state index contributed by atoms with van der Waals surface area (Å²) in [6.07, 6.45) is -0.365. The summed E-state index contributed by atoms with van der Waals surface area (Å²) in [6.45, 7) is 4.92. The maximum Gasteiger partial charge on any atom is 0.305 e. The number of nitrogens with one attached hydrogen (secondary N) is 5. The molecule has 1 aromatic carbocycles. The summed E-state index contributed by atoms with van der Waals surface area (Å²) in [5, 5.41) is 22.0. The Morgan fingerprint density at radius 2 is 1.40 bits per heavy atom. The van der Waals surface area contributed by atoms with Crippen LogP contribution in [0.4, 0.5) is 0 Å². The van der Waals surface area contributed by atoms with Crippen molar-refractivity contribution in [3.8, 4) is 0 Å². The van der Waals surface area contributed by atoms with Crippen LogP contribution in [0.2, 0.25) is 0 Å². The third-order valence-electron chi connectivity index (χ3n) is 6.50. The molecule has 10 N–H and O–H groups in total. The number of amides is 5. The van der Waals surface area contributed by atoms with Gasteiger partial charge in [0.25, 0.3) is 0 Å². The number of benzene rings is 1. The predicted molar refractivity (Wildman–Crippen MR) is 152 cm³/mol. The van der Waals surface area contributed by atoms with Crippen molar-refractivity contribution in [1.29, 1.82) is 0 Å². The van der Waals surface area contributed by atoms with Crippen LogP contribution in [0, 0.1) is 5.92 Å². The summed E-state index contributed by atoms with van der Waals surface area (Å²) in [5.74, 6) is -5.76. The molecule has 0 aromatic heterocycles. The number of hydrogen-bond acceptors (Lipinski definition) is 7. The SMILES string of the molecule is CC(C)[C@@H]1NC(=O)[C@H](Cc2ccccc2)NC(=O)[C@H](CC(=O)O)NC(=O)[C@H](C)NC(=O)[C@H](CCCN=C(N)N)NC1=O. The highest BCUT2D eigenvalue weighted by atomic mass is 16.4. The lowest BCUT2D eigenvalue weighted by Gasteiger charge is -2.27. The number of guanidine groups is 1. The first-order valence-corrected chi connectivity index (χ1v) is 13.6. The minimum atomic E-state index is -1.55. The van der Waals surface area contributed by atoms with Gasteiger partial charge in [-0.2, -0.15) is 0 Å². The lowest BCUT2D eigenvalue weighted by atomic mass is 10.00. The summed E-state index contributed by atoms with van der Waals surface area (Å²) >= 11 is 0. The molecule has 1 fully saturated rings. The highest BCUT2D eigenvalue weighted by Gasteiger charge is 2.35. The van der Waals surface area contributed by atoms with Crippen molar-refractivity contribution in [2.24, 2.45) is 22.4 Å². The largest absolute Gasteiger partial charge is 0.481 e. The molecule has 5 amide bonds. The van der Waals surface area contributed by atoms with Crippen molar-refractivity contribution in [2.45, 2.75) is 76.7 Å². The van der Waals surface area contributed by atoms with Crippen LogP contribution in [0.25, 0.3) is 0 Å². The molecule has 42 heavy (non-hydrogen) atoms. The number of carbonyl (C=O) groups excluding carboxylic acids is 5. The van der Waals surface area contributed by atoms with Gasteiger partial charge in [0.2, 0.25) is 29.5 Å². The van der Waals surface area contributed by atoms with Crippen molar-refractivity contribution in [3.05, 3.63) is 35.9 Å². The number of nitrogens with two attached hydrogens (primary N) is 2. The molecule has 0 bridgehead atoms. The van der Waals surface area contributed by atoms with Crippen LogP contribution in [0.1, 0.15) is 45.6 Å². The summed E-state index contributed by atoms with van der Waals surface area (Å²) in [7, 11) is 0. The van der Waals surface area contributed by atoms with Crippen LogP contribution in [-0.2, 0) is 35.2 Å². The molecule has 2 rings (SSSR count). The first-order valence-electron chi connectivity index (χ1n) is 13.6. The first-order chi connectivity index (χ1) is 19.8. The molecule has 230 valence electrons. The maximum absolute atomic E-state index is 13.5. The van der Waals surface area contributed by atoms with E-state index in [1.54, 1.807) is 44.2 Å². The van der Waals surface area contributed by atoms with E-state index in [2.05, 4.69) is 31.6 Å². The number of aliphatic carboxylic acids is 1. The van der Waals surface area contributed by atoms with Gasteiger partial charge in [0.05, 0.1) is 6.42 Å². The first kappa shape index (κ1) is 33.5. The topological polar surface area (TPSA) is 247 Å². The standard InChI is InChI=1S/C27H40N8O7/c1-14(2)21-26(42)32-17(10-7-11-30-27(28)29)23(39)31-15(3)22(38)33-19(13-20(36)37)24(40)34-18(25(41)35-21)12-16-8-5-4-6-9-16/h4-6,8-9,14-15,17-19,21H,7,10-13H2,1-3H3,(H,31,39)(H,32,42)(H,33,38)(H,34,40)(H,35,41)(H,36,37)(H4,28,29,30)/t15-,17-,18-,19-,21-/m0/s1. The molecule has 1 saturated heterocycles. The highest BCUT2D eigenvalue weighted by molar-refractivity contribution is 5.98. The van der Waals surface area contributed by atoms with Crippen LogP contribution in [0.3, 0.4) is 0 Å². The Morgan fingerprint density at radius 1 is 0.833 bits per heavy atom. The van der Waals surface area contributed by atoms with E-state index in [1.165, 1.54) is 6.92 Å². The molecular formula is C27H40N8O7. The van der Waals surface area contributed by atoms with Crippen molar-refractivity contribution in [1.82, 2.24) is 26.6 Å². The Bertz CT molecular complexity index is 1170. The summed E-state index contributed by atoms with van der Waals surface area (Å²) in [4.78, 5) is 81.5. The second-order valence-electron chi connectivity index (χ2n) is 10.4. The number of aliphatic imine (C=N–C) groups is 1. The number of carboxylic acids is 1. The molecule has 5 atom stereocenters. The minimum absolute atomic E-state index is 0.0163. The lowest BCUT2D eigenvalue weighted by Crippen LogP contribution is -2.59. The van der Waals surface area contributed by atoms with Gasteiger partial charge < -0.3 is 43.2 Å². The summed E-state index contributed by atoms with van der Waals surface area (Å²) in [6, 6.07) is 2.55. The predicted octanol–water partition coefficient (Wildman–Crippen LogP) is -2.13. The molecule has 15 nitrogen and oxygen atoms in total. The molecule has 0 spiro atoms. The Morgan fingerprint density at radius 3 is 2.00 bits per heavy atom. The van der Waals surface area contributed by atoms with Crippen molar-refractivity contribution in [2.75, 3.05) is 6.54 Å². The molecule has 0 unspecified atom stereocenters. The third kappa shape index (κ3) is 10.7. The third-order valence-corrected chi connectivity index (χ3v) is 6.50. The quantitative estimate of drug-likeness (QED) is 0.0890. The van der Waals surface area contributed by atoms with E-state index in [9.17, 15) is 33.9 Å². The van der Waals surface area contributed by atoms with Gasteiger partial charge in [0.1, 0.15) is 30.2 Å². The number of carbonyl (C=O) groups is 6. The van der Waals surface area contributed by atoms with Crippen LogP contribution in [0.5, 0.6) is 0 Å². The smallest absolute Gasteiger partial charge is 0.305 e. The van der Waals surface area contributed by atoms with E-state index in [4.69, 9.17) is 11.5 Å². The maximum atomic E-state index is 13.5. The van der Waals surface area contributed by atoms with Gasteiger partial charge in [-0.25, -0.2) is 0 Å². The van der Waals surface area contributed by atoms with E-state index >= 15 is 0 Å². The zero-order chi connectivity index (χ0) is 31.4. The average molecular weight is 589 g/mol. The fraction of sp³-hybridized carbons (Fsp3) is 0.519. The molecule has 0 radical (unpaired) electrons. The normalized spacial score (nSPS) is 24.2. The Hall–Kier alpha value is -4.69. The second-order valence-corrected chi connectivity index (χ2v) is 10.4. The van der Waals surface area contributed by atoms with Crippen molar-refractivity contribution in [3.63, 3.8) is 0 Å². The number of nitrogens with zero attached hydrogens (tertiary/aromatic N) is 1. The molecule has 1 aromatic rings. The average Bonchev–Trinajstić information content (AvgIpc) is 2.91. The van der Waals surface area contributed by atoms with Gasteiger partial charge in [-0.15, -0.1) is 0 Å². The van der Waals surface area contributed by atoms with E-state index in [0.717, 1.165) is 0 Å². The highest BCUT2D eigenvalue weighted by Crippen LogP contribution is 2.10. The molecule has 1 aliphatic rings. The zero-order valence-corrected chi connectivity index (χ0v) is 23.9. The molecule has 0 saturated carbocycles. The number of rotatable bonds is 9. The van der Waals surface area contributed by atoms with Gasteiger partial charge in [0.15, 0.2) is 5.96 Å². The fourth-order valence-corrected chi connectivity index (χ4v) is 4.21. The van der Waals surface area contributed by atoms with Crippen LogP contribution in [0.15, 0.2) is 35.3 Å². The zero-order valence-electron chi connectivity index (χ0n) is 23.9. The van der Waals surface area contributed by atoms with Crippen molar-refractivity contribution >= 4 is 41.5 Å². The van der Waals surface area contributed by atoms with Gasteiger partial charge in [-0.3, -0.25) is 33.8 Å². The van der Waals surface area contributed by atoms with E-state index < -0.39 is 78.1 Å². The van der Waals surface area contributed by atoms with Gasteiger partial charge in [-0.1, -0.05) is 44.2 Å². The Balaban J connectivity index is 2.48. The minimum Gasteiger partial charge on any atom is -0.481 e. The second kappa shape index (κ2) is 15.9. The molecule has 15 heteroatoms. The van der Waals surface area contributed by atoms with Gasteiger partial charge in [-0.05, 0) is 31.2 Å². The van der Waals surface area contributed by atoms with E-state index in [1.807, 2.05) is 0 Å². The number of hydrogen-bond donors (Lipinski definition) is 8. The summed E-state index contributed by atoms with van der Waals surface area (Å²) < 4.78 is 0. The van der Waals surface area contributed by atoms with E-state index in [0.29, 0.717) is 12.0 Å². The van der Waals surface area contributed by atoms with Crippen molar-refractivity contribution < 1.29 is 33.9 Å². The molecule has 1 heterocycles. The Labute approximate surface area is 243 Å². The van der Waals surface area contributed by atoms with Crippen LogP contribution >= 0.6 is 0 Å². The van der Waals surface area contributed by atoms with E-state index in [-0.39, 0.29) is 25.3 Å². The van der Waals surface area contributed by atoms with Gasteiger partial charge >= 0.3 is 5.97 Å². The fourth-order valence-electron chi connectivity index (χ4n) is 4.21. The van der Waals surface area contributed by atoms with Gasteiger partial charge in [0, 0.05) is 13.0 Å². The van der Waals surface area contributed by atoms with Crippen LogP contribution < -0.4 is 38.1 Å².